The predicted octanol–water partition coefficient (Wildman–Crippen LogP) is 6.59. The number of aromatic nitrogens is 1. The van der Waals surface area contributed by atoms with E-state index in [1.54, 1.807) is 32.7 Å². The van der Waals surface area contributed by atoms with Crippen LogP contribution in [-0.2, 0) is 53.9 Å². The number of nitrogens with zero attached hydrogens (tertiary/aromatic N) is 2. The number of esters is 1. The Bertz CT molecular complexity index is 1590. The van der Waals surface area contributed by atoms with Crippen molar-refractivity contribution in [3.63, 3.8) is 0 Å². The highest BCUT2D eigenvalue weighted by atomic mass is 32.1. The summed E-state index contributed by atoms with van der Waals surface area (Å²) in [5.41, 5.74) is 1.79. The van der Waals surface area contributed by atoms with Gasteiger partial charge in [0.15, 0.2) is 18.4 Å². The van der Waals surface area contributed by atoms with Gasteiger partial charge in [0.2, 0.25) is 0 Å². The van der Waals surface area contributed by atoms with E-state index in [0.29, 0.717) is 12.5 Å². The first-order chi connectivity index (χ1) is 27.4. The van der Waals surface area contributed by atoms with Gasteiger partial charge in [-0.3, -0.25) is 9.59 Å². The maximum Gasteiger partial charge on any atom is 0.306 e. The summed E-state index contributed by atoms with van der Waals surface area (Å²) in [6, 6.07) is 0.326. The summed E-state index contributed by atoms with van der Waals surface area (Å²) in [4.78, 5) is 37.7. The molecule has 0 radical (unpaired) electrons. The number of hydrogen-bond acceptors (Lipinski definition) is 13. The van der Waals surface area contributed by atoms with Crippen LogP contribution in [0, 0.1) is 23.7 Å². The minimum atomic E-state index is -0.628. The molecule has 0 N–H and O–H groups in total. The van der Waals surface area contributed by atoms with E-state index in [4.69, 9.17) is 42.9 Å². The van der Waals surface area contributed by atoms with Crippen molar-refractivity contribution in [2.24, 2.45) is 23.7 Å². The zero-order valence-electron chi connectivity index (χ0n) is 35.8. The smallest absolute Gasteiger partial charge is 0.306 e. The minimum absolute atomic E-state index is 0.0227. The number of ether oxygens (including phenoxy) is 8. The van der Waals surface area contributed by atoms with Gasteiger partial charge in [0, 0.05) is 55.9 Å². The zero-order chi connectivity index (χ0) is 40.7. The number of Topliss-reactive ketones (excluding diaryl/α,β-unsaturated/α-hetero) is 1. The van der Waals surface area contributed by atoms with Crippen molar-refractivity contribution in [3.05, 3.63) is 27.2 Å². The minimum Gasteiger partial charge on any atom is -0.462 e. The number of ketones is 1. The lowest BCUT2D eigenvalue weighted by molar-refractivity contribution is -0.314. The summed E-state index contributed by atoms with van der Waals surface area (Å²) in [6.45, 7) is 10.3. The van der Waals surface area contributed by atoms with E-state index < -0.39 is 18.3 Å². The van der Waals surface area contributed by atoms with Crippen LogP contribution in [-0.4, -0.2) is 125 Å². The molecular formula is C44H68N2O10S. The first-order valence-corrected chi connectivity index (χ1v) is 22.5. The van der Waals surface area contributed by atoms with E-state index in [0.717, 1.165) is 67.6 Å². The lowest BCUT2D eigenvalue weighted by Gasteiger charge is -2.44. The molecule has 57 heavy (non-hydrogen) atoms. The molecule has 6 aliphatic rings. The molecule has 1 aromatic rings. The number of carbonyl (C=O) groups excluding carboxylic acids is 2. The van der Waals surface area contributed by atoms with Gasteiger partial charge in [-0.1, -0.05) is 26.8 Å². The fourth-order valence-corrected chi connectivity index (χ4v) is 12.5. The normalized spacial score (nSPS) is 42.6. The van der Waals surface area contributed by atoms with Crippen LogP contribution in [0.1, 0.15) is 120 Å². The molecule has 0 aromatic carbocycles. The maximum atomic E-state index is 15.0. The average Bonchev–Trinajstić information content (AvgIpc) is 3.91. The van der Waals surface area contributed by atoms with Crippen LogP contribution in [0.2, 0.25) is 0 Å². The number of allylic oxidation sites excluding steroid dienone is 2. The summed E-state index contributed by atoms with van der Waals surface area (Å²) >= 11 is 1.79. The molecule has 3 aliphatic carbocycles. The van der Waals surface area contributed by atoms with Crippen molar-refractivity contribution < 1.29 is 47.5 Å². The topological polar surface area (TPSA) is 124 Å². The van der Waals surface area contributed by atoms with Gasteiger partial charge >= 0.3 is 5.97 Å². The predicted molar refractivity (Wildman–Crippen MR) is 215 cm³/mol. The van der Waals surface area contributed by atoms with Crippen LogP contribution in [0.25, 0.3) is 0 Å². The molecule has 3 saturated heterocycles. The summed E-state index contributed by atoms with van der Waals surface area (Å²) in [5.74, 6) is -0.553. The monoisotopic (exact) mass is 816 g/mol. The third kappa shape index (κ3) is 8.58. The van der Waals surface area contributed by atoms with Gasteiger partial charge in [0.05, 0.1) is 41.5 Å². The summed E-state index contributed by atoms with van der Waals surface area (Å²) in [6.07, 6.45) is 6.59. The number of aryl methyl sites for hydroxylation is 1. The van der Waals surface area contributed by atoms with E-state index in [-0.39, 0.29) is 96.8 Å². The van der Waals surface area contributed by atoms with Gasteiger partial charge in [-0.25, -0.2) is 4.98 Å². The van der Waals surface area contributed by atoms with Gasteiger partial charge in [0.1, 0.15) is 24.4 Å². The van der Waals surface area contributed by atoms with Crippen LogP contribution >= 0.6 is 11.3 Å². The highest BCUT2D eigenvalue weighted by Gasteiger charge is 2.57. The zero-order valence-corrected chi connectivity index (χ0v) is 36.7. The van der Waals surface area contributed by atoms with Crippen molar-refractivity contribution in [2.45, 2.75) is 178 Å². The molecule has 3 aliphatic heterocycles. The number of hydrogen-bond donors (Lipinski definition) is 0. The molecule has 4 heterocycles. The number of carbonyl (C=O) groups is 2. The molecule has 12 nitrogen and oxygen atoms in total. The van der Waals surface area contributed by atoms with Crippen LogP contribution in [0.3, 0.4) is 0 Å². The second kappa shape index (κ2) is 18.4. The van der Waals surface area contributed by atoms with E-state index in [9.17, 15) is 4.79 Å². The van der Waals surface area contributed by atoms with Crippen LogP contribution in [0.15, 0.2) is 11.6 Å². The molecule has 0 bridgehead atoms. The van der Waals surface area contributed by atoms with Crippen molar-refractivity contribution in [1.82, 2.24) is 9.88 Å². The molecule has 0 spiro atoms. The van der Waals surface area contributed by atoms with Crippen molar-refractivity contribution >= 4 is 23.1 Å². The van der Waals surface area contributed by atoms with E-state index in [1.807, 2.05) is 13.8 Å². The molecule has 1 aromatic heterocycles. The molecule has 4 fully saturated rings. The van der Waals surface area contributed by atoms with Crippen molar-refractivity contribution in [1.29, 1.82) is 0 Å². The Morgan fingerprint density at radius 1 is 0.877 bits per heavy atom. The SMILES string of the molecule is CCc1nc2c(s1)[C@@H]1C[C@@H](O[C@@H]3O[C@@H](C)[C@H](OC)[C@@H](OC)[C@H]3OC)C[C@H]1[C@@H]1C=C3C(=O)[C@H](C)[C@@H](O[C@H]4CC[C@H](N(C)C)[C@@H](C)O4)CCC[C@H](CC)OC(=O)C[C@H]3[C@H]21. The first kappa shape index (κ1) is 43.3. The third-order valence-corrected chi connectivity index (χ3v) is 15.6. The van der Waals surface area contributed by atoms with Gasteiger partial charge in [-0.2, -0.15) is 0 Å². The Kier molecular flexibility index (Phi) is 14.0. The van der Waals surface area contributed by atoms with Crippen LogP contribution in [0.4, 0.5) is 0 Å². The number of methoxy groups -OCH3 is 3. The Labute approximate surface area is 344 Å². The first-order valence-electron chi connectivity index (χ1n) is 21.7. The highest BCUT2D eigenvalue weighted by Crippen LogP contribution is 2.62. The van der Waals surface area contributed by atoms with Crippen LogP contribution < -0.4 is 0 Å². The Morgan fingerprint density at radius 3 is 2.30 bits per heavy atom. The van der Waals surface area contributed by atoms with Crippen LogP contribution in [0.5, 0.6) is 0 Å². The Hall–Kier alpha value is -1.81. The molecule has 17 atom stereocenters. The molecule has 13 heteroatoms. The average molecular weight is 817 g/mol. The van der Waals surface area contributed by atoms with Gasteiger partial charge in [-0.05, 0) is 103 Å². The fourth-order valence-electron chi connectivity index (χ4n) is 11.3. The molecular weight excluding hydrogens is 749 g/mol. The third-order valence-electron chi connectivity index (χ3n) is 14.2. The number of cyclic esters (lactones) is 1. The van der Waals surface area contributed by atoms with Gasteiger partial charge in [0.25, 0.3) is 0 Å². The summed E-state index contributed by atoms with van der Waals surface area (Å²) in [7, 11) is 9.17. The molecule has 7 rings (SSSR count). The Morgan fingerprint density at radius 2 is 1.63 bits per heavy atom. The van der Waals surface area contributed by atoms with Crippen molar-refractivity contribution in [2.75, 3.05) is 35.4 Å². The molecule has 0 amide bonds. The second-order valence-corrected chi connectivity index (χ2v) is 18.8. The number of fused-ring (bicyclic) bond motifs is 8. The van der Waals surface area contributed by atoms with E-state index in [1.165, 1.54) is 4.88 Å². The molecule has 320 valence electrons. The van der Waals surface area contributed by atoms with Gasteiger partial charge < -0.3 is 42.8 Å². The lowest BCUT2D eigenvalue weighted by atomic mass is 9.67. The fraction of sp³-hybridized carbons (Fsp3) is 0.841. The maximum absolute atomic E-state index is 15.0. The largest absolute Gasteiger partial charge is 0.462 e. The highest BCUT2D eigenvalue weighted by molar-refractivity contribution is 7.11. The van der Waals surface area contributed by atoms with E-state index in [2.05, 4.69) is 45.8 Å². The standard InChI is InChI=1S/C44H68N2O10S/c1-11-25-14-13-15-33(56-36-17-16-32(46(6)7)23(4)52-36)22(3)39(48)30-20-28-27-18-26(55-44-42(51-10)41(50-9)40(49-8)24(5)53-44)19-31(27)43-38(45-34(12-2)57-43)37(28)29(30)21-35(47)54-25/h20,22-29,31-33,36-37,40-42,44H,11-19,21H2,1-10H3/t22-,23-,24+,25+,26+,27+,28+,29-,31-,32+,33+,36+,37-,40+,41-,42-,44+/m1/s1. The van der Waals surface area contributed by atoms with Gasteiger partial charge in [-0.15, -0.1) is 11.3 Å². The van der Waals surface area contributed by atoms with E-state index >= 15 is 4.79 Å². The molecule has 0 unspecified atom stereocenters. The quantitative estimate of drug-likeness (QED) is 0.237. The van der Waals surface area contributed by atoms with Crippen molar-refractivity contribution in [3.8, 4) is 0 Å². The summed E-state index contributed by atoms with van der Waals surface area (Å²) < 4.78 is 50.3. The second-order valence-electron chi connectivity index (χ2n) is 17.7. The number of thiazole rings is 1. The summed E-state index contributed by atoms with van der Waals surface area (Å²) in [5, 5.41) is 1.09. The Balaban J connectivity index is 1.19. The number of likely N-dealkylation sites (N-methyl/N-ethyl adjacent to an activating group) is 1. The molecule has 1 saturated carbocycles. The number of rotatable bonds is 10. The lowest BCUT2D eigenvalue weighted by Crippen LogP contribution is -2.59.